The molecule has 0 unspecified atom stereocenters. The lowest BCUT2D eigenvalue weighted by Gasteiger charge is -2.19. The first-order chi connectivity index (χ1) is 9.33. The summed E-state index contributed by atoms with van der Waals surface area (Å²) in [4.78, 5) is 0. The molecule has 0 bridgehead atoms. The Labute approximate surface area is 120 Å². The van der Waals surface area contributed by atoms with Crippen LogP contribution in [0.4, 0.5) is 0 Å². The second kappa shape index (κ2) is 5.75. The van der Waals surface area contributed by atoms with Crippen molar-refractivity contribution in [1.82, 2.24) is 30.1 Å². The molecule has 0 aliphatic rings. The Morgan fingerprint density at radius 2 is 2.00 bits per heavy atom. The normalized spacial score (nSPS) is 12.3. The standard InChI is InChI=1S/C14H24N6/c1-11(2)20-7-6-12(17-20)9-19-10-13(16-18-19)8-15-14(3,4)5/h6-7,10-11,15H,8-9H2,1-5H3. The fourth-order valence-electron chi connectivity index (χ4n) is 1.77. The van der Waals surface area contributed by atoms with Gasteiger partial charge < -0.3 is 5.32 Å². The number of hydrogen-bond acceptors (Lipinski definition) is 4. The Morgan fingerprint density at radius 1 is 1.25 bits per heavy atom. The van der Waals surface area contributed by atoms with E-state index >= 15 is 0 Å². The van der Waals surface area contributed by atoms with E-state index in [0.717, 1.165) is 17.9 Å². The van der Waals surface area contributed by atoms with Crippen molar-refractivity contribution in [3.63, 3.8) is 0 Å². The Kier molecular flexibility index (Phi) is 4.23. The molecular formula is C14H24N6. The summed E-state index contributed by atoms with van der Waals surface area (Å²) in [6.45, 7) is 12.0. The van der Waals surface area contributed by atoms with Crippen LogP contribution in [0.15, 0.2) is 18.5 Å². The SMILES string of the molecule is CC(C)n1ccc(Cn2cc(CNC(C)(C)C)nn2)n1. The molecule has 6 heteroatoms. The van der Waals surface area contributed by atoms with Crippen LogP contribution in [0, 0.1) is 0 Å². The zero-order chi connectivity index (χ0) is 14.8. The summed E-state index contributed by atoms with van der Waals surface area (Å²) in [6.07, 6.45) is 3.96. The third-order valence-electron chi connectivity index (χ3n) is 2.90. The Bertz CT molecular complexity index is 546. The third kappa shape index (κ3) is 4.16. The molecule has 0 atom stereocenters. The molecule has 2 heterocycles. The maximum Gasteiger partial charge on any atom is 0.0965 e. The Morgan fingerprint density at radius 3 is 2.60 bits per heavy atom. The van der Waals surface area contributed by atoms with Gasteiger partial charge in [0.05, 0.1) is 24.1 Å². The van der Waals surface area contributed by atoms with Crippen LogP contribution in [0.1, 0.15) is 52.0 Å². The molecule has 6 nitrogen and oxygen atoms in total. The topological polar surface area (TPSA) is 60.6 Å². The second-order valence-electron chi connectivity index (χ2n) is 6.39. The summed E-state index contributed by atoms with van der Waals surface area (Å²) in [7, 11) is 0. The van der Waals surface area contributed by atoms with E-state index in [0.29, 0.717) is 12.6 Å². The highest BCUT2D eigenvalue weighted by Crippen LogP contribution is 2.06. The van der Waals surface area contributed by atoms with Gasteiger partial charge in [0.2, 0.25) is 0 Å². The molecule has 0 saturated heterocycles. The molecule has 0 spiro atoms. The lowest BCUT2D eigenvalue weighted by molar-refractivity contribution is 0.421. The highest BCUT2D eigenvalue weighted by molar-refractivity contribution is 5.01. The number of rotatable bonds is 5. The first-order valence-corrected chi connectivity index (χ1v) is 7.01. The van der Waals surface area contributed by atoms with Crippen LogP contribution < -0.4 is 5.32 Å². The monoisotopic (exact) mass is 276 g/mol. The van der Waals surface area contributed by atoms with Crippen molar-refractivity contribution in [1.29, 1.82) is 0 Å². The number of nitrogens with zero attached hydrogens (tertiary/aromatic N) is 5. The fourth-order valence-corrected chi connectivity index (χ4v) is 1.77. The van der Waals surface area contributed by atoms with Gasteiger partial charge in [-0.3, -0.25) is 4.68 Å². The molecule has 0 fully saturated rings. The molecule has 0 saturated carbocycles. The smallest absolute Gasteiger partial charge is 0.0965 e. The van der Waals surface area contributed by atoms with Crippen molar-refractivity contribution in [2.24, 2.45) is 0 Å². The van der Waals surface area contributed by atoms with Crippen LogP contribution in [0.2, 0.25) is 0 Å². The largest absolute Gasteiger partial charge is 0.306 e. The maximum absolute atomic E-state index is 4.51. The molecule has 0 amide bonds. The van der Waals surface area contributed by atoms with Crippen LogP contribution in [0.5, 0.6) is 0 Å². The van der Waals surface area contributed by atoms with Gasteiger partial charge in [-0.1, -0.05) is 5.21 Å². The third-order valence-corrected chi connectivity index (χ3v) is 2.90. The van der Waals surface area contributed by atoms with Crippen molar-refractivity contribution in [2.45, 2.75) is 59.3 Å². The number of aromatic nitrogens is 5. The summed E-state index contributed by atoms with van der Waals surface area (Å²) < 4.78 is 3.78. The van der Waals surface area contributed by atoms with Gasteiger partial charge in [-0.25, -0.2) is 4.68 Å². The minimum Gasteiger partial charge on any atom is -0.306 e. The van der Waals surface area contributed by atoms with Crippen molar-refractivity contribution in [2.75, 3.05) is 0 Å². The van der Waals surface area contributed by atoms with E-state index in [9.17, 15) is 0 Å². The van der Waals surface area contributed by atoms with E-state index in [1.807, 2.05) is 27.8 Å². The first kappa shape index (κ1) is 14.7. The van der Waals surface area contributed by atoms with Crippen LogP contribution in [0.25, 0.3) is 0 Å². The summed E-state index contributed by atoms with van der Waals surface area (Å²) in [6, 6.07) is 2.40. The van der Waals surface area contributed by atoms with Gasteiger partial charge in [0.1, 0.15) is 0 Å². The summed E-state index contributed by atoms with van der Waals surface area (Å²) in [5, 5.41) is 16.2. The zero-order valence-electron chi connectivity index (χ0n) is 13.0. The summed E-state index contributed by atoms with van der Waals surface area (Å²) >= 11 is 0. The van der Waals surface area contributed by atoms with Crippen LogP contribution in [-0.2, 0) is 13.1 Å². The van der Waals surface area contributed by atoms with E-state index in [-0.39, 0.29) is 5.54 Å². The van der Waals surface area contributed by atoms with Gasteiger partial charge in [0.25, 0.3) is 0 Å². The molecule has 2 rings (SSSR count). The minimum absolute atomic E-state index is 0.0832. The van der Waals surface area contributed by atoms with Gasteiger partial charge in [0.15, 0.2) is 0 Å². The number of hydrogen-bond donors (Lipinski definition) is 1. The molecule has 110 valence electrons. The van der Waals surface area contributed by atoms with Crippen molar-refractivity contribution < 1.29 is 0 Å². The van der Waals surface area contributed by atoms with Gasteiger partial charge in [0, 0.05) is 24.3 Å². The van der Waals surface area contributed by atoms with Gasteiger partial charge in [-0.15, -0.1) is 5.10 Å². The molecule has 2 aromatic rings. The first-order valence-electron chi connectivity index (χ1n) is 7.01. The van der Waals surface area contributed by atoms with E-state index in [1.165, 1.54) is 0 Å². The van der Waals surface area contributed by atoms with Crippen LogP contribution >= 0.6 is 0 Å². The van der Waals surface area contributed by atoms with Crippen molar-refractivity contribution in [3.05, 3.63) is 29.8 Å². The van der Waals surface area contributed by atoms with E-state index < -0.39 is 0 Å². The lowest BCUT2D eigenvalue weighted by Crippen LogP contribution is -2.35. The summed E-state index contributed by atoms with van der Waals surface area (Å²) in [5.74, 6) is 0. The molecule has 1 N–H and O–H groups in total. The molecule has 2 aromatic heterocycles. The molecule has 0 aliphatic carbocycles. The van der Waals surface area contributed by atoms with Crippen LogP contribution in [0.3, 0.4) is 0 Å². The van der Waals surface area contributed by atoms with Gasteiger partial charge >= 0.3 is 0 Å². The molecule has 0 aliphatic heterocycles. The molecular weight excluding hydrogens is 252 g/mol. The zero-order valence-corrected chi connectivity index (χ0v) is 13.0. The van der Waals surface area contributed by atoms with E-state index in [2.05, 4.69) is 55.3 Å². The average molecular weight is 276 g/mol. The fraction of sp³-hybridized carbons (Fsp3) is 0.643. The molecule has 0 radical (unpaired) electrons. The predicted molar refractivity (Wildman–Crippen MR) is 78.3 cm³/mol. The maximum atomic E-state index is 4.51. The van der Waals surface area contributed by atoms with E-state index in [1.54, 1.807) is 0 Å². The highest BCUT2D eigenvalue weighted by Gasteiger charge is 2.10. The van der Waals surface area contributed by atoms with Gasteiger partial charge in [-0.2, -0.15) is 5.10 Å². The van der Waals surface area contributed by atoms with Gasteiger partial charge in [-0.05, 0) is 40.7 Å². The number of nitrogens with one attached hydrogen (secondary N) is 1. The molecule has 0 aromatic carbocycles. The van der Waals surface area contributed by atoms with Crippen molar-refractivity contribution >= 4 is 0 Å². The van der Waals surface area contributed by atoms with Crippen molar-refractivity contribution in [3.8, 4) is 0 Å². The lowest BCUT2D eigenvalue weighted by atomic mass is 10.1. The minimum atomic E-state index is 0.0832. The highest BCUT2D eigenvalue weighted by atomic mass is 15.4. The van der Waals surface area contributed by atoms with Crippen LogP contribution in [-0.4, -0.2) is 30.3 Å². The van der Waals surface area contributed by atoms with E-state index in [4.69, 9.17) is 0 Å². The Hall–Kier alpha value is -1.69. The average Bonchev–Trinajstić information content (AvgIpc) is 2.95. The Balaban J connectivity index is 1.95. The quantitative estimate of drug-likeness (QED) is 0.907. The predicted octanol–water partition coefficient (Wildman–Crippen LogP) is 1.99. The second-order valence-corrected chi connectivity index (χ2v) is 6.39. The summed E-state index contributed by atoms with van der Waals surface area (Å²) in [5.41, 5.74) is 2.03. The molecule has 20 heavy (non-hydrogen) atoms.